The molecule has 5 nitrogen and oxygen atoms in total. The lowest BCUT2D eigenvalue weighted by Crippen LogP contribution is -2.46. The van der Waals surface area contributed by atoms with Crippen LogP contribution in [0.3, 0.4) is 0 Å². The maximum atomic E-state index is 12.4. The number of hydrogen-bond acceptors (Lipinski definition) is 4. The van der Waals surface area contributed by atoms with Gasteiger partial charge >= 0.3 is 0 Å². The molecule has 1 aromatic heterocycles. The highest BCUT2D eigenvalue weighted by Gasteiger charge is 2.61. The summed E-state index contributed by atoms with van der Waals surface area (Å²) in [6, 6.07) is 0.313. The lowest BCUT2D eigenvalue weighted by atomic mass is 9.69. The third-order valence-corrected chi connectivity index (χ3v) is 7.12. The maximum absolute atomic E-state index is 12.4. The van der Waals surface area contributed by atoms with Crippen LogP contribution in [0.25, 0.3) is 0 Å². The Balaban J connectivity index is 1.32. The number of carbonyl (C=O) groups excluding carboxylic acids is 1. The molecule has 1 heterocycles. The van der Waals surface area contributed by atoms with Gasteiger partial charge in [-0.05, 0) is 48.9 Å². The van der Waals surface area contributed by atoms with E-state index in [0.29, 0.717) is 36.1 Å². The second-order valence-corrected chi connectivity index (χ2v) is 8.55. The molecule has 0 aliphatic heterocycles. The van der Waals surface area contributed by atoms with Crippen molar-refractivity contribution in [3.63, 3.8) is 0 Å². The predicted molar refractivity (Wildman–Crippen MR) is 85.8 cm³/mol. The molecule has 5 heteroatoms. The van der Waals surface area contributed by atoms with Crippen molar-refractivity contribution in [2.75, 3.05) is 0 Å². The van der Waals surface area contributed by atoms with Crippen LogP contribution in [0.2, 0.25) is 0 Å². The first-order valence-corrected chi connectivity index (χ1v) is 9.02. The standard InChI is InChI=1S/C18H27N3O2/c1-17(2)12-8-9-18(17,3)13(10-12)19-14(22)6-7-15-20-16(21-23-15)11-4-5-11/h11-13H,4-10H2,1-3H3,(H,19,22). The molecule has 3 unspecified atom stereocenters. The Hall–Kier alpha value is -1.39. The van der Waals surface area contributed by atoms with Gasteiger partial charge in [-0.1, -0.05) is 25.9 Å². The zero-order valence-electron chi connectivity index (χ0n) is 14.4. The van der Waals surface area contributed by atoms with Crippen molar-refractivity contribution in [3.05, 3.63) is 11.7 Å². The minimum Gasteiger partial charge on any atom is -0.353 e. The van der Waals surface area contributed by atoms with Crippen LogP contribution < -0.4 is 5.32 Å². The molecule has 3 fully saturated rings. The number of carbonyl (C=O) groups is 1. The Morgan fingerprint density at radius 1 is 1.30 bits per heavy atom. The van der Waals surface area contributed by atoms with Crippen molar-refractivity contribution >= 4 is 5.91 Å². The van der Waals surface area contributed by atoms with Crippen molar-refractivity contribution in [1.82, 2.24) is 15.5 Å². The summed E-state index contributed by atoms with van der Waals surface area (Å²) in [5.41, 5.74) is 0.563. The van der Waals surface area contributed by atoms with E-state index in [-0.39, 0.29) is 11.3 Å². The summed E-state index contributed by atoms with van der Waals surface area (Å²) < 4.78 is 5.25. The van der Waals surface area contributed by atoms with Crippen LogP contribution in [0, 0.1) is 16.7 Å². The van der Waals surface area contributed by atoms with E-state index < -0.39 is 0 Å². The first-order chi connectivity index (χ1) is 10.9. The molecule has 3 aliphatic carbocycles. The van der Waals surface area contributed by atoms with Crippen LogP contribution in [0.4, 0.5) is 0 Å². The number of fused-ring (bicyclic) bond motifs is 2. The number of amides is 1. The highest BCUT2D eigenvalue weighted by atomic mass is 16.5. The van der Waals surface area contributed by atoms with E-state index in [1.54, 1.807) is 0 Å². The van der Waals surface area contributed by atoms with Crippen LogP contribution in [-0.2, 0) is 11.2 Å². The SMILES string of the molecule is CC1(C)C2CCC1(C)C(NC(=O)CCc1nc(C3CC3)no1)C2. The van der Waals surface area contributed by atoms with E-state index in [1.165, 1.54) is 12.8 Å². The quantitative estimate of drug-likeness (QED) is 0.905. The molecule has 3 atom stereocenters. The fraction of sp³-hybridized carbons (Fsp3) is 0.833. The Bertz CT molecular complexity index is 620. The Morgan fingerprint density at radius 2 is 2.09 bits per heavy atom. The molecule has 0 spiro atoms. The average Bonchev–Trinajstić information content (AvgIpc) is 3.16. The molecule has 2 bridgehead atoms. The zero-order chi connectivity index (χ0) is 16.2. The second kappa shape index (κ2) is 5.05. The summed E-state index contributed by atoms with van der Waals surface area (Å²) in [6.07, 6.45) is 6.96. The number of aryl methyl sites for hydroxylation is 1. The highest BCUT2D eigenvalue weighted by Crippen LogP contribution is 2.65. The molecule has 1 N–H and O–H groups in total. The smallest absolute Gasteiger partial charge is 0.227 e. The third kappa shape index (κ3) is 2.39. The van der Waals surface area contributed by atoms with Crippen LogP contribution in [0.15, 0.2) is 4.52 Å². The van der Waals surface area contributed by atoms with Crippen LogP contribution >= 0.6 is 0 Å². The van der Waals surface area contributed by atoms with Crippen LogP contribution in [0.1, 0.15) is 76.9 Å². The van der Waals surface area contributed by atoms with E-state index in [0.717, 1.165) is 31.0 Å². The summed E-state index contributed by atoms with van der Waals surface area (Å²) in [4.78, 5) is 16.7. The second-order valence-electron chi connectivity index (χ2n) is 8.55. The van der Waals surface area contributed by atoms with Gasteiger partial charge in [-0.25, -0.2) is 0 Å². The monoisotopic (exact) mass is 317 g/mol. The lowest BCUT2D eigenvalue weighted by molar-refractivity contribution is -0.122. The fourth-order valence-electron chi connectivity index (χ4n) is 4.79. The van der Waals surface area contributed by atoms with Gasteiger partial charge in [0.15, 0.2) is 5.82 Å². The first kappa shape index (κ1) is 15.2. The summed E-state index contributed by atoms with van der Waals surface area (Å²) >= 11 is 0. The average molecular weight is 317 g/mol. The minimum absolute atomic E-state index is 0.116. The molecule has 1 amide bonds. The first-order valence-electron chi connectivity index (χ1n) is 9.02. The molecule has 23 heavy (non-hydrogen) atoms. The Labute approximate surface area is 137 Å². The molecule has 0 radical (unpaired) electrons. The fourth-order valence-corrected chi connectivity index (χ4v) is 4.79. The molecule has 0 saturated heterocycles. The van der Waals surface area contributed by atoms with E-state index >= 15 is 0 Å². The number of hydrogen-bond donors (Lipinski definition) is 1. The molecule has 4 rings (SSSR count). The van der Waals surface area contributed by atoms with Crippen molar-refractivity contribution in [2.45, 2.75) is 77.7 Å². The highest BCUT2D eigenvalue weighted by molar-refractivity contribution is 5.76. The number of nitrogens with zero attached hydrogens (tertiary/aromatic N) is 2. The van der Waals surface area contributed by atoms with Gasteiger partial charge in [0, 0.05) is 24.8 Å². The van der Waals surface area contributed by atoms with E-state index in [2.05, 4.69) is 36.2 Å². The zero-order valence-corrected chi connectivity index (χ0v) is 14.4. The van der Waals surface area contributed by atoms with Crippen molar-refractivity contribution in [2.24, 2.45) is 16.7 Å². The van der Waals surface area contributed by atoms with Crippen molar-refractivity contribution in [3.8, 4) is 0 Å². The summed E-state index contributed by atoms with van der Waals surface area (Å²) in [7, 11) is 0. The van der Waals surface area contributed by atoms with Gasteiger partial charge in [-0.3, -0.25) is 4.79 Å². The van der Waals surface area contributed by atoms with Gasteiger partial charge in [-0.15, -0.1) is 0 Å². The van der Waals surface area contributed by atoms with E-state index in [4.69, 9.17) is 4.52 Å². The van der Waals surface area contributed by atoms with Gasteiger partial charge in [-0.2, -0.15) is 4.98 Å². The van der Waals surface area contributed by atoms with Crippen molar-refractivity contribution in [1.29, 1.82) is 0 Å². The summed E-state index contributed by atoms with van der Waals surface area (Å²) in [5.74, 6) is 2.78. The third-order valence-electron chi connectivity index (χ3n) is 7.12. The maximum Gasteiger partial charge on any atom is 0.227 e. The van der Waals surface area contributed by atoms with Gasteiger partial charge < -0.3 is 9.84 Å². The molecule has 126 valence electrons. The normalized spacial score (nSPS) is 34.7. The minimum atomic E-state index is 0.116. The van der Waals surface area contributed by atoms with Gasteiger partial charge in [0.25, 0.3) is 0 Å². The number of rotatable bonds is 5. The van der Waals surface area contributed by atoms with Gasteiger partial charge in [0.05, 0.1) is 0 Å². The number of nitrogens with one attached hydrogen (secondary N) is 1. The Kier molecular flexibility index (Phi) is 3.33. The van der Waals surface area contributed by atoms with E-state index in [1.807, 2.05) is 0 Å². The van der Waals surface area contributed by atoms with E-state index in [9.17, 15) is 4.79 Å². The molecular weight excluding hydrogens is 290 g/mol. The predicted octanol–water partition coefficient (Wildman–Crippen LogP) is 3.21. The summed E-state index contributed by atoms with van der Waals surface area (Å²) in [6.45, 7) is 7.09. The van der Waals surface area contributed by atoms with Crippen LogP contribution in [0.5, 0.6) is 0 Å². The Morgan fingerprint density at radius 3 is 2.70 bits per heavy atom. The lowest BCUT2D eigenvalue weighted by Gasteiger charge is -2.39. The molecular formula is C18H27N3O2. The topological polar surface area (TPSA) is 68.0 Å². The number of aromatic nitrogens is 2. The molecule has 1 aromatic rings. The molecule has 3 saturated carbocycles. The summed E-state index contributed by atoms with van der Waals surface area (Å²) in [5, 5.41) is 7.29. The molecule has 0 aromatic carbocycles. The van der Waals surface area contributed by atoms with Gasteiger partial charge in [0.1, 0.15) is 0 Å². The van der Waals surface area contributed by atoms with Gasteiger partial charge in [0.2, 0.25) is 11.8 Å². The van der Waals surface area contributed by atoms with Crippen LogP contribution in [-0.4, -0.2) is 22.1 Å². The molecule has 3 aliphatic rings. The van der Waals surface area contributed by atoms with Crippen molar-refractivity contribution < 1.29 is 9.32 Å². The largest absolute Gasteiger partial charge is 0.353 e.